The summed E-state index contributed by atoms with van der Waals surface area (Å²) in [6.07, 6.45) is 2.16. The van der Waals surface area contributed by atoms with Crippen LogP contribution in [0.3, 0.4) is 0 Å². The number of rotatable bonds is 8. The molecule has 0 aliphatic heterocycles. The minimum Gasteiger partial charge on any atom is -0.408 e. The minimum atomic E-state index is -4.05. The zero-order valence-electron chi connectivity index (χ0n) is 17.1. The molecule has 0 saturated carbocycles. The Balaban J connectivity index is 1.85. The maximum absolute atomic E-state index is 13.0. The second-order valence-electron chi connectivity index (χ2n) is 6.97. The zero-order valence-corrected chi connectivity index (χ0v) is 19.5. The molecule has 8 nitrogen and oxygen atoms in total. The first-order valence-electron chi connectivity index (χ1n) is 9.30. The number of nitrogens with zero attached hydrogens (tertiary/aromatic N) is 1. The molecule has 0 spiro atoms. The Hall–Kier alpha value is -2.27. The number of carbonyl (C=O) groups excluding carboxylic acids is 1. The number of amides is 1. The van der Waals surface area contributed by atoms with Gasteiger partial charge in [0, 0.05) is 23.8 Å². The second-order valence-corrected chi connectivity index (χ2v) is 10.1. The van der Waals surface area contributed by atoms with Crippen LogP contribution in [0.5, 0.6) is 0 Å². The Labute approximate surface area is 189 Å². The Bertz CT molecular complexity index is 1280. The zero-order chi connectivity index (χ0) is 22.8. The van der Waals surface area contributed by atoms with Gasteiger partial charge in [0.1, 0.15) is 6.04 Å². The first-order valence-corrected chi connectivity index (χ1v) is 12.6. The number of fused-ring (bicyclic) bond motifs is 1. The van der Waals surface area contributed by atoms with E-state index in [1.807, 2.05) is 13.2 Å². The van der Waals surface area contributed by atoms with Gasteiger partial charge in [-0.3, -0.25) is 9.36 Å². The Morgan fingerprint density at radius 2 is 2.00 bits per heavy atom. The fourth-order valence-corrected chi connectivity index (χ4v) is 4.81. The highest BCUT2D eigenvalue weighted by Gasteiger charge is 2.26. The summed E-state index contributed by atoms with van der Waals surface area (Å²) in [5, 5.41) is 3.21. The van der Waals surface area contributed by atoms with Gasteiger partial charge in [-0.05, 0) is 55.2 Å². The summed E-state index contributed by atoms with van der Waals surface area (Å²) >= 11 is 7.61. The molecule has 11 heteroatoms. The molecule has 0 aliphatic rings. The molecule has 1 amide bonds. The summed E-state index contributed by atoms with van der Waals surface area (Å²) < 4.78 is 34.7. The van der Waals surface area contributed by atoms with Crippen LogP contribution < -0.4 is 15.8 Å². The monoisotopic (exact) mass is 483 g/mol. The van der Waals surface area contributed by atoms with Gasteiger partial charge in [0.15, 0.2) is 5.58 Å². The first-order chi connectivity index (χ1) is 14.6. The predicted molar refractivity (Wildman–Crippen MR) is 123 cm³/mol. The van der Waals surface area contributed by atoms with Crippen molar-refractivity contribution in [2.75, 3.05) is 17.3 Å². The van der Waals surface area contributed by atoms with E-state index in [1.54, 1.807) is 18.2 Å². The summed E-state index contributed by atoms with van der Waals surface area (Å²) in [4.78, 5) is 24.4. The fraction of sp³-hybridized carbons (Fsp3) is 0.300. The van der Waals surface area contributed by atoms with E-state index in [0.29, 0.717) is 22.0 Å². The highest BCUT2D eigenvalue weighted by molar-refractivity contribution is 7.98. The number of halogens is 1. The lowest BCUT2D eigenvalue weighted by Gasteiger charge is -2.18. The lowest BCUT2D eigenvalue weighted by Crippen LogP contribution is -2.44. The third kappa shape index (κ3) is 5.32. The van der Waals surface area contributed by atoms with Crippen molar-refractivity contribution in [3.05, 3.63) is 57.5 Å². The number of oxazole rings is 1. The summed E-state index contributed by atoms with van der Waals surface area (Å²) in [6, 6.07) is 8.19. The molecular weight excluding hydrogens is 462 g/mol. The lowest BCUT2D eigenvalue weighted by atomic mass is 10.2. The molecule has 3 aromatic rings. The standard InChI is InChI=1S/C20H22ClN3O5S2/c1-12-4-5-13(10-15(12)21)22-19(25)16(8-9-30-3)23-31(27,28)14-6-7-17-18(11-14)29-20(26)24(17)2/h4-7,10-11,16,23H,8-9H2,1-3H3,(H,22,25)/t16-/m1/s1. The van der Waals surface area contributed by atoms with Crippen molar-refractivity contribution in [1.82, 2.24) is 9.29 Å². The normalized spacial score (nSPS) is 12.8. The van der Waals surface area contributed by atoms with E-state index in [2.05, 4.69) is 10.0 Å². The molecule has 2 N–H and O–H groups in total. The van der Waals surface area contributed by atoms with E-state index in [4.69, 9.17) is 16.0 Å². The van der Waals surface area contributed by atoms with E-state index >= 15 is 0 Å². The predicted octanol–water partition coefficient (Wildman–Crippen LogP) is 3.13. The van der Waals surface area contributed by atoms with Crippen molar-refractivity contribution < 1.29 is 17.6 Å². The molecule has 3 rings (SSSR count). The van der Waals surface area contributed by atoms with Crippen LogP contribution in [0.25, 0.3) is 11.1 Å². The number of sulfonamides is 1. The Kier molecular flexibility index (Phi) is 7.15. The molecular formula is C20H22ClN3O5S2. The van der Waals surface area contributed by atoms with Gasteiger partial charge in [0.25, 0.3) is 0 Å². The highest BCUT2D eigenvalue weighted by atomic mass is 35.5. The number of hydrogen-bond acceptors (Lipinski definition) is 6. The van der Waals surface area contributed by atoms with Crippen LogP contribution in [-0.4, -0.2) is 36.9 Å². The highest BCUT2D eigenvalue weighted by Crippen LogP contribution is 2.21. The molecule has 31 heavy (non-hydrogen) atoms. The van der Waals surface area contributed by atoms with E-state index < -0.39 is 27.7 Å². The molecule has 0 unspecified atom stereocenters. The molecule has 166 valence electrons. The smallest absolute Gasteiger partial charge is 0.408 e. The van der Waals surface area contributed by atoms with Crippen LogP contribution in [0.4, 0.5) is 5.69 Å². The van der Waals surface area contributed by atoms with Gasteiger partial charge in [-0.1, -0.05) is 17.7 Å². The molecule has 1 aromatic heterocycles. The number of benzene rings is 2. The quantitative estimate of drug-likeness (QED) is 0.509. The number of nitrogens with one attached hydrogen (secondary N) is 2. The number of aromatic nitrogens is 1. The molecule has 1 heterocycles. The van der Waals surface area contributed by atoms with Crippen LogP contribution in [0.2, 0.25) is 5.02 Å². The van der Waals surface area contributed by atoms with Crippen molar-refractivity contribution in [2.24, 2.45) is 7.05 Å². The number of hydrogen-bond donors (Lipinski definition) is 2. The van der Waals surface area contributed by atoms with Gasteiger partial charge in [-0.25, -0.2) is 13.2 Å². The maximum Gasteiger partial charge on any atom is 0.419 e. The molecule has 0 aliphatic carbocycles. The largest absolute Gasteiger partial charge is 0.419 e. The maximum atomic E-state index is 13.0. The average molecular weight is 484 g/mol. The number of anilines is 1. The van der Waals surface area contributed by atoms with Gasteiger partial charge in [-0.15, -0.1) is 0 Å². The van der Waals surface area contributed by atoms with Crippen molar-refractivity contribution >= 4 is 56.1 Å². The van der Waals surface area contributed by atoms with Crippen LogP contribution in [0, 0.1) is 6.92 Å². The lowest BCUT2D eigenvalue weighted by molar-refractivity contribution is -0.117. The molecule has 0 bridgehead atoms. The molecule has 0 saturated heterocycles. The molecule has 0 radical (unpaired) electrons. The Morgan fingerprint density at radius 1 is 1.26 bits per heavy atom. The van der Waals surface area contributed by atoms with Crippen molar-refractivity contribution in [2.45, 2.75) is 24.3 Å². The third-order valence-electron chi connectivity index (χ3n) is 4.74. The van der Waals surface area contributed by atoms with Crippen molar-refractivity contribution in [3.63, 3.8) is 0 Å². The molecule has 0 fully saturated rings. The SMILES string of the molecule is CSCC[C@@H](NS(=O)(=O)c1ccc2c(c1)oc(=O)n2C)C(=O)Nc1ccc(C)c(Cl)c1. The summed E-state index contributed by atoms with van der Waals surface area (Å²) in [5.41, 5.74) is 1.95. The van der Waals surface area contributed by atoms with Gasteiger partial charge in [-0.2, -0.15) is 16.5 Å². The van der Waals surface area contributed by atoms with E-state index in [1.165, 1.54) is 41.6 Å². The topological polar surface area (TPSA) is 110 Å². The number of carbonyl (C=O) groups is 1. The van der Waals surface area contributed by atoms with Crippen LogP contribution in [0.15, 0.2) is 50.5 Å². The van der Waals surface area contributed by atoms with Crippen LogP contribution in [-0.2, 0) is 21.9 Å². The van der Waals surface area contributed by atoms with Crippen LogP contribution >= 0.6 is 23.4 Å². The molecule has 2 aromatic carbocycles. The number of thioether (sulfide) groups is 1. The molecule has 1 atom stereocenters. The summed E-state index contributed by atoms with van der Waals surface area (Å²) in [5.74, 6) is -0.515. The van der Waals surface area contributed by atoms with Gasteiger partial charge < -0.3 is 9.73 Å². The van der Waals surface area contributed by atoms with Gasteiger partial charge in [0.2, 0.25) is 15.9 Å². The van der Waals surface area contributed by atoms with E-state index in [9.17, 15) is 18.0 Å². The first kappa shape index (κ1) is 23.4. The van der Waals surface area contributed by atoms with E-state index in [0.717, 1.165) is 5.56 Å². The Morgan fingerprint density at radius 3 is 2.68 bits per heavy atom. The average Bonchev–Trinajstić information content (AvgIpc) is 3.01. The van der Waals surface area contributed by atoms with Crippen molar-refractivity contribution in [1.29, 1.82) is 0 Å². The van der Waals surface area contributed by atoms with Crippen molar-refractivity contribution in [3.8, 4) is 0 Å². The van der Waals surface area contributed by atoms with Gasteiger partial charge >= 0.3 is 5.76 Å². The third-order valence-corrected chi connectivity index (χ3v) is 7.26. The second kappa shape index (κ2) is 9.47. The van der Waals surface area contributed by atoms with Crippen LogP contribution in [0.1, 0.15) is 12.0 Å². The number of aryl methyl sites for hydroxylation is 2. The van der Waals surface area contributed by atoms with E-state index in [-0.39, 0.29) is 16.9 Å². The van der Waals surface area contributed by atoms with Gasteiger partial charge in [0.05, 0.1) is 10.4 Å². The summed E-state index contributed by atoms with van der Waals surface area (Å²) in [7, 11) is -2.53. The fourth-order valence-electron chi connectivity index (χ4n) is 2.92. The summed E-state index contributed by atoms with van der Waals surface area (Å²) in [6.45, 7) is 1.84. The minimum absolute atomic E-state index is 0.102.